The van der Waals surface area contributed by atoms with E-state index in [2.05, 4.69) is 0 Å². The Bertz CT molecular complexity index is 482. The van der Waals surface area contributed by atoms with Crippen molar-refractivity contribution in [3.05, 3.63) is 35.6 Å². The number of hydrogen-bond donors (Lipinski definition) is 1. The maximum Gasteiger partial charge on any atom is 0.253 e. The number of amides is 2. The molecule has 0 aromatic heterocycles. The quantitative estimate of drug-likeness (QED) is 0.874. The van der Waals surface area contributed by atoms with Gasteiger partial charge in [-0.25, -0.2) is 4.39 Å². The second-order valence-electron chi connectivity index (χ2n) is 4.72. The Hall–Kier alpha value is -1.95. The minimum absolute atomic E-state index is 0.0291. The first kappa shape index (κ1) is 14.5. The third kappa shape index (κ3) is 3.33. The Morgan fingerprint density at radius 1 is 1.05 bits per heavy atom. The average molecular weight is 279 g/mol. The number of nitrogens with two attached hydrogens (primary N) is 1. The highest BCUT2D eigenvalue weighted by Crippen LogP contribution is 2.10. The van der Waals surface area contributed by atoms with Crippen molar-refractivity contribution in [3.8, 4) is 0 Å². The highest BCUT2D eigenvalue weighted by molar-refractivity contribution is 5.94. The van der Waals surface area contributed by atoms with Crippen molar-refractivity contribution < 1.29 is 14.0 Å². The van der Waals surface area contributed by atoms with Gasteiger partial charge in [-0.15, -0.1) is 0 Å². The van der Waals surface area contributed by atoms with E-state index in [0.29, 0.717) is 44.7 Å². The van der Waals surface area contributed by atoms with Crippen molar-refractivity contribution in [1.82, 2.24) is 9.80 Å². The molecule has 2 N–H and O–H groups in total. The minimum atomic E-state index is -0.362. The Kier molecular flexibility index (Phi) is 4.68. The average Bonchev–Trinajstić information content (AvgIpc) is 2.48. The van der Waals surface area contributed by atoms with Gasteiger partial charge in [0, 0.05) is 44.7 Å². The van der Waals surface area contributed by atoms with E-state index < -0.39 is 0 Å². The summed E-state index contributed by atoms with van der Waals surface area (Å²) in [5.41, 5.74) is 5.82. The van der Waals surface area contributed by atoms with Gasteiger partial charge in [-0.2, -0.15) is 0 Å². The summed E-state index contributed by atoms with van der Waals surface area (Å²) in [5, 5.41) is 0. The zero-order chi connectivity index (χ0) is 14.5. The predicted molar refractivity (Wildman–Crippen MR) is 72.6 cm³/mol. The van der Waals surface area contributed by atoms with Gasteiger partial charge < -0.3 is 15.5 Å². The van der Waals surface area contributed by atoms with Crippen LogP contribution in [0.15, 0.2) is 24.3 Å². The van der Waals surface area contributed by atoms with Crippen molar-refractivity contribution in [3.63, 3.8) is 0 Å². The number of carbonyl (C=O) groups is 2. The number of piperazine rings is 1. The van der Waals surface area contributed by atoms with Gasteiger partial charge in [-0.1, -0.05) is 0 Å². The van der Waals surface area contributed by atoms with Crippen LogP contribution in [0.3, 0.4) is 0 Å². The summed E-state index contributed by atoms with van der Waals surface area (Å²) in [6.45, 7) is 2.37. The maximum absolute atomic E-state index is 12.8. The minimum Gasteiger partial charge on any atom is -0.339 e. The molecule has 1 aromatic carbocycles. The molecule has 2 rings (SSSR count). The monoisotopic (exact) mass is 279 g/mol. The molecular formula is C14H18FN3O2. The second kappa shape index (κ2) is 6.47. The first-order valence-electron chi connectivity index (χ1n) is 6.64. The summed E-state index contributed by atoms with van der Waals surface area (Å²) >= 11 is 0. The highest BCUT2D eigenvalue weighted by atomic mass is 19.1. The van der Waals surface area contributed by atoms with Crippen LogP contribution >= 0.6 is 0 Å². The van der Waals surface area contributed by atoms with Crippen molar-refractivity contribution in [1.29, 1.82) is 0 Å². The zero-order valence-electron chi connectivity index (χ0n) is 11.2. The summed E-state index contributed by atoms with van der Waals surface area (Å²) in [6.07, 6.45) is 0.339. The molecule has 1 saturated heterocycles. The molecule has 0 bridgehead atoms. The van der Waals surface area contributed by atoms with Gasteiger partial charge in [0.15, 0.2) is 0 Å². The van der Waals surface area contributed by atoms with E-state index in [1.54, 1.807) is 9.80 Å². The lowest BCUT2D eigenvalue weighted by atomic mass is 10.1. The van der Waals surface area contributed by atoms with Gasteiger partial charge in [0.1, 0.15) is 5.82 Å². The molecule has 20 heavy (non-hydrogen) atoms. The Morgan fingerprint density at radius 3 is 2.15 bits per heavy atom. The van der Waals surface area contributed by atoms with Gasteiger partial charge in [0.25, 0.3) is 5.91 Å². The molecule has 1 aliphatic heterocycles. The van der Waals surface area contributed by atoms with Gasteiger partial charge in [-0.3, -0.25) is 9.59 Å². The molecule has 5 nitrogen and oxygen atoms in total. The number of rotatable bonds is 3. The van der Waals surface area contributed by atoms with Crippen LogP contribution < -0.4 is 5.73 Å². The first-order valence-corrected chi connectivity index (χ1v) is 6.64. The largest absolute Gasteiger partial charge is 0.339 e. The van der Waals surface area contributed by atoms with E-state index in [-0.39, 0.29) is 17.6 Å². The van der Waals surface area contributed by atoms with E-state index in [0.717, 1.165) is 0 Å². The van der Waals surface area contributed by atoms with E-state index in [4.69, 9.17) is 5.73 Å². The Labute approximate surface area is 117 Å². The first-order chi connectivity index (χ1) is 9.61. The van der Waals surface area contributed by atoms with E-state index in [9.17, 15) is 14.0 Å². The van der Waals surface area contributed by atoms with Crippen molar-refractivity contribution >= 4 is 11.8 Å². The molecule has 1 aromatic rings. The van der Waals surface area contributed by atoms with Crippen LogP contribution in [0.5, 0.6) is 0 Å². The fraction of sp³-hybridized carbons (Fsp3) is 0.429. The van der Waals surface area contributed by atoms with Gasteiger partial charge >= 0.3 is 0 Å². The van der Waals surface area contributed by atoms with Crippen LogP contribution in [0.1, 0.15) is 16.8 Å². The molecular weight excluding hydrogens is 261 g/mol. The molecule has 1 fully saturated rings. The molecule has 0 aliphatic carbocycles. The SMILES string of the molecule is NCCC(=O)N1CCN(C(=O)c2ccc(F)cc2)CC1. The lowest BCUT2D eigenvalue weighted by Crippen LogP contribution is -2.50. The van der Waals surface area contributed by atoms with E-state index in [1.807, 2.05) is 0 Å². The van der Waals surface area contributed by atoms with Crippen molar-refractivity contribution in [2.45, 2.75) is 6.42 Å². The normalized spacial score (nSPS) is 15.3. The summed E-state index contributed by atoms with van der Waals surface area (Å²) < 4.78 is 12.8. The Morgan fingerprint density at radius 2 is 1.60 bits per heavy atom. The molecule has 0 saturated carbocycles. The van der Waals surface area contributed by atoms with Crippen LogP contribution in [-0.4, -0.2) is 54.3 Å². The van der Waals surface area contributed by atoms with Gasteiger partial charge in [0.05, 0.1) is 0 Å². The molecule has 0 unspecified atom stereocenters. The van der Waals surface area contributed by atoms with Crippen LogP contribution in [0, 0.1) is 5.82 Å². The summed E-state index contributed by atoms with van der Waals surface area (Å²) in [6, 6.07) is 5.50. The van der Waals surface area contributed by atoms with Crippen LogP contribution in [-0.2, 0) is 4.79 Å². The predicted octanol–water partition coefficient (Wildman–Crippen LogP) is 0.459. The maximum atomic E-state index is 12.8. The molecule has 2 amide bonds. The highest BCUT2D eigenvalue weighted by Gasteiger charge is 2.24. The summed E-state index contributed by atoms with van der Waals surface area (Å²) in [4.78, 5) is 27.3. The van der Waals surface area contributed by atoms with Gasteiger partial charge in [-0.05, 0) is 24.3 Å². The van der Waals surface area contributed by atoms with Gasteiger partial charge in [0.2, 0.25) is 5.91 Å². The van der Waals surface area contributed by atoms with Crippen molar-refractivity contribution in [2.75, 3.05) is 32.7 Å². The zero-order valence-corrected chi connectivity index (χ0v) is 11.2. The fourth-order valence-electron chi connectivity index (χ4n) is 2.22. The molecule has 0 atom stereocenters. The van der Waals surface area contributed by atoms with E-state index in [1.165, 1.54) is 24.3 Å². The molecule has 0 spiro atoms. The smallest absolute Gasteiger partial charge is 0.253 e. The lowest BCUT2D eigenvalue weighted by Gasteiger charge is -2.34. The van der Waals surface area contributed by atoms with Crippen LogP contribution in [0.25, 0.3) is 0 Å². The summed E-state index contributed by atoms with van der Waals surface area (Å²) in [5.74, 6) is -0.462. The van der Waals surface area contributed by atoms with Crippen LogP contribution in [0.4, 0.5) is 4.39 Å². The van der Waals surface area contributed by atoms with E-state index >= 15 is 0 Å². The molecule has 6 heteroatoms. The number of carbonyl (C=O) groups excluding carboxylic acids is 2. The third-order valence-corrected chi connectivity index (χ3v) is 3.37. The van der Waals surface area contributed by atoms with Crippen molar-refractivity contribution in [2.24, 2.45) is 5.73 Å². The van der Waals surface area contributed by atoms with Crippen LogP contribution in [0.2, 0.25) is 0 Å². The Balaban J connectivity index is 1.92. The number of halogens is 1. The second-order valence-corrected chi connectivity index (χ2v) is 4.72. The number of benzene rings is 1. The number of nitrogens with zero attached hydrogens (tertiary/aromatic N) is 2. The molecule has 108 valence electrons. The standard InChI is InChI=1S/C14H18FN3O2/c15-12-3-1-11(2-4-12)14(20)18-9-7-17(8-10-18)13(19)5-6-16/h1-4H,5-10,16H2. The summed E-state index contributed by atoms with van der Waals surface area (Å²) in [7, 11) is 0. The molecule has 1 heterocycles. The number of hydrogen-bond acceptors (Lipinski definition) is 3. The fourth-order valence-corrected chi connectivity index (χ4v) is 2.22. The molecule has 0 radical (unpaired) electrons. The third-order valence-electron chi connectivity index (χ3n) is 3.37. The molecule has 1 aliphatic rings. The lowest BCUT2D eigenvalue weighted by molar-refractivity contribution is -0.132. The topological polar surface area (TPSA) is 66.6 Å².